The Kier molecular flexibility index (Phi) is 5.04. The third-order valence-electron chi connectivity index (χ3n) is 2.61. The number of hydrogen-bond donors (Lipinski definition) is 4. The molecule has 1 heterocycles. The molecule has 0 aromatic rings. The van der Waals surface area contributed by atoms with Crippen molar-refractivity contribution < 1.29 is 20.1 Å². The summed E-state index contributed by atoms with van der Waals surface area (Å²) in [4.78, 5) is 11.5. The fraction of sp³-hybridized carbons (Fsp3) is 0.900. The number of aliphatic hydroxyl groups excluding tert-OH is 3. The Hall–Kier alpha value is -0.300. The van der Waals surface area contributed by atoms with Crippen LogP contribution in [0, 0.1) is 5.92 Å². The maximum Gasteiger partial charge on any atom is 0.222 e. The van der Waals surface area contributed by atoms with Gasteiger partial charge in [0, 0.05) is 5.92 Å². The monoisotopic (exact) mass is 249 g/mol. The van der Waals surface area contributed by atoms with Gasteiger partial charge in [0.15, 0.2) is 0 Å². The molecule has 94 valence electrons. The summed E-state index contributed by atoms with van der Waals surface area (Å²) in [5, 5.41) is 30.7. The maximum atomic E-state index is 11.5. The summed E-state index contributed by atoms with van der Waals surface area (Å²) in [6.07, 6.45) is -0.423. The van der Waals surface area contributed by atoms with E-state index in [4.69, 9.17) is 5.11 Å². The van der Waals surface area contributed by atoms with Crippen LogP contribution < -0.4 is 5.32 Å². The highest BCUT2D eigenvalue weighted by Crippen LogP contribution is 2.30. The molecule has 4 atom stereocenters. The number of aliphatic hydroxyl groups is 3. The molecule has 1 rings (SSSR count). The van der Waals surface area contributed by atoms with E-state index in [1.54, 1.807) is 13.8 Å². The number of amides is 1. The van der Waals surface area contributed by atoms with E-state index in [1.165, 1.54) is 0 Å². The SMILES string of the molecule is CC(C)C(=O)N[C@H]1CC(O)C(CO)SC1O. The van der Waals surface area contributed by atoms with Gasteiger partial charge < -0.3 is 20.6 Å². The second-order valence-corrected chi connectivity index (χ2v) is 5.68. The van der Waals surface area contributed by atoms with Gasteiger partial charge >= 0.3 is 0 Å². The Morgan fingerprint density at radius 1 is 1.50 bits per heavy atom. The van der Waals surface area contributed by atoms with Crippen LogP contribution >= 0.6 is 11.8 Å². The van der Waals surface area contributed by atoms with Gasteiger partial charge in [-0.15, -0.1) is 11.8 Å². The van der Waals surface area contributed by atoms with E-state index in [2.05, 4.69) is 5.32 Å². The van der Waals surface area contributed by atoms with Crippen molar-refractivity contribution in [3.8, 4) is 0 Å². The maximum absolute atomic E-state index is 11.5. The van der Waals surface area contributed by atoms with Crippen LogP contribution in [0.25, 0.3) is 0 Å². The van der Waals surface area contributed by atoms with Gasteiger partial charge in [0.05, 0.1) is 24.0 Å². The van der Waals surface area contributed by atoms with Crippen molar-refractivity contribution in [3.63, 3.8) is 0 Å². The first-order valence-electron chi connectivity index (χ1n) is 5.38. The van der Waals surface area contributed by atoms with Crippen molar-refractivity contribution >= 4 is 17.7 Å². The fourth-order valence-corrected chi connectivity index (χ4v) is 2.64. The second-order valence-electron chi connectivity index (χ2n) is 4.32. The molecule has 0 spiro atoms. The van der Waals surface area contributed by atoms with Gasteiger partial charge in [0.25, 0.3) is 0 Å². The standard InChI is InChI=1S/C10H19NO4S/c1-5(2)9(14)11-6-3-7(13)8(4-12)16-10(6)15/h5-8,10,12-13,15H,3-4H2,1-2H3,(H,11,14)/t6-,7?,8?,10?/m0/s1. The average Bonchev–Trinajstić information content (AvgIpc) is 2.22. The van der Waals surface area contributed by atoms with Crippen molar-refractivity contribution in [1.82, 2.24) is 5.32 Å². The molecule has 1 aliphatic heterocycles. The summed E-state index contributed by atoms with van der Waals surface area (Å²) in [5.41, 5.74) is -0.775. The highest BCUT2D eigenvalue weighted by atomic mass is 32.2. The summed E-state index contributed by atoms with van der Waals surface area (Å²) in [6.45, 7) is 3.36. The van der Waals surface area contributed by atoms with Gasteiger partial charge in [-0.2, -0.15) is 0 Å². The number of rotatable bonds is 3. The van der Waals surface area contributed by atoms with E-state index in [9.17, 15) is 15.0 Å². The van der Waals surface area contributed by atoms with Gasteiger partial charge in [-0.25, -0.2) is 0 Å². The summed E-state index contributed by atoms with van der Waals surface area (Å²) >= 11 is 1.10. The molecule has 0 aromatic heterocycles. The van der Waals surface area contributed by atoms with Crippen molar-refractivity contribution in [2.24, 2.45) is 5.92 Å². The molecular weight excluding hydrogens is 230 g/mol. The Bertz CT molecular complexity index is 249. The lowest BCUT2D eigenvalue weighted by atomic mass is 10.1. The zero-order valence-corrected chi connectivity index (χ0v) is 10.3. The minimum absolute atomic E-state index is 0.140. The van der Waals surface area contributed by atoms with Crippen LogP contribution in [0.1, 0.15) is 20.3 Å². The zero-order chi connectivity index (χ0) is 12.3. The number of thioether (sulfide) groups is 1. The van der Waals surface area contributed by atoms with E-state index in [1.807, 2.05) is 0 Å². The number of carbonyl (C=O) groups excluding carboxylic acids is 1. The fourth-order valence-electron chi connectivity index (χ4n) is 1.54. The summed E-state index contributed by atoms with van der Waals surface area (Å²) in [6, 6.07) is -0.447. The summed E-state index contributed by atoms with van der Waals surface area (Å²) < 4.78 is 0. The van der Waals surface area contributed by atoms with Gasteiger partial charge in [-0.3, -0.25) is 4.79 Å². The molecule has 1 fully saturated rings. The molecule has 4 N–H and O–H groups in total. The molecule has 1 aliphatic rings. The Labute approximate surface area is 99.2 Å². The van der Waals surface area contributed by atoms with Crippen molar-refractivity contribution in [2.75, 3.05) is 6.61 Å². The van der Waals surface area contributed by atoms with Crippen LogP contribution in [0.5, 0.6) is 0 Å². The quantitative estimate of drug-likeness (QED) is 0.531. The number of carbonyl (C=O) groups is 1. The Balaban J connectivity index is 2.53. The molecule has 0 aromatic carbocycles. The summed E-state index contributed by atoms with van der Waals surface area (Å²) in [7, 11) is 0. The first kappa shape index (κ1) is 13.8. The van der Waals surface area contributed by atoms with Crippen LogP contribution in [-0.2, 0) is 4.79 Å². The molecule has 0 bridgehead atoms. The summed E-state index contributed by atoms with van der Waals surface area (Å²) in [5.74, 6) is -0.288. The van der Waals surface area contributed by atoms with Crippen LogP contribution in [0.3, 0.4) is 0 Å². The Morgan fingerprint density at radius 2 is 2.12 bits per heavy atom. The number of nitrogens with one attached hydrogen (secondary N) is 1. The van der Waals surface area contributed by atoms with Gasteiger partial charge in [0.1, 0.15) is 5.44 Å². The van der Waals surface area contributed by atoms with Crippen LogP contribution in [0.15, 0.2) is 0 Å². The molecule has 0 aliphatic carbocycles. The van der Waals surface area contributed by atoms with Gasteiger partial charge in [-0.1, -0.05) is 13.8 Å². The minimum Gasteiger partial charge on any atom is -0.395 e. The minimum atomic E-state index is -0.775. The smallest absolute Gasteiger partial charge is 0.222 e. The van der Waals surface area contributed by atoms with E-state index in [0.717, 1.165) is 11.8 Å². The predicted molar refractivity (Wildman–Crippen MR) is 61.9 cm³/mol. The lowest BCUT2D eigenvalue weighted by Crippen LogP contribution is -2.51. The first-order chi connectivity index (χ1) is 7.45. The molecule has 3 unspecified atom stereocenters. The highest BCUT2D eigenvalue weighted by molar-refractivity contribution is 8.00. The van der Waals surface area contributed by atoms with Crippen molar-refractivity contribution in [2.45, 2.75) is 43.1 Å². The lowest BCUT2D eigenvalue weighted by molar-refractivity contribution is -0.125. The molecule has 0 saturated carbocycles. The van der Waals surface area contributed by atoms with Gasteiger partial charge in [0.2, 0.25) is 5.91 Å². The largest absolute Gasteiger partial charge is 0.395 e. The van der Waals surface area contributed by atoms with Crippen molar-refractivity contribution in [3.05, 3.63) is 0 Å². The molecular formula is C10H19NO4S. The topological polar surface area (TPSA) is 89.8 Å². The van der Waals surface area contributed by atoms with Gasteiger partial charge in [-0.05, 0) is 6.42 Å². The molecule has 1 saturated heterocycles. The van der Waals surface area contributed by atoms with Crippen LogP contribution in [-0.4, -0.2) is 50.7 Å². The Morgan fingerprint density at radius 3 is 2.62 bits per heavy atom. The predicted octanol–water partition coefficient (Wildman–Crippen LogP) is -0.696. The van der Waals surface area contributed by atoms with E-state index in [-0.39, 0.29) is 30.1 Å². The van der Waals surface area contributed by atoms with E-state index in [0.29, 0.717) is 0 Å². The van der Waals surface area contributed by atoms with Crippen molar-refractivity contribution in [1.29, 1.82) is 0 Å². The molecule has 5 nitrogen and oxygen atoms in total. The highest BCUT2D eigenvalue weighted by Gasteiger charge is 2.36. The molecule has 6 heteroatoms. The van der Waals surface area contributed by atoms with E-state index < -0.39 is 17.6 Å². The molecule has 16 heavy (non-hydrogen) atoms. The molecule has 0 radical (unpaired) electrons. The molecule has 1 amide bonds. The zero-order valence-electron chi connectivity index (χ0n) is 9.46. The first-order valence-corrected chi connectivity index (χ1v) is 6.32. The third kappa shape index (κ3) is 3.35. The van der Waals surface area contributed by atoms with E-state index >= 15 is 0 Å². The normalized spacial score (nSPS) is 35.1. The van der Waals surface area contributed by atoms with Crippen LogP contribution in [0.2, 0.25) is 0 Å². The van der Waals surface area contributed by atoms with Crippen LogP contribution in [0.4, 0.5) is 0 Å². The number of hydrogen-bond acceptors (Lipinski definition) is 5. The second kappa shape index (κ2) is 5.86. The average molecular weight is 249 g/mol. The lowest BCUT2D eigenvalue weighted by Gasteiger charge is -2.36. The third-order valence-corrected chi connectivity index (χ3v) is 4.04.